The minimum Gasteiger partial charge on any atom is -0.465 e. The normalized spacial score (nSPS) is 12.9. The number of ketones is 1. The second-order valence-electron chi connectivity index (χ2n) is 11.7. The minimum atomic E-state index is -1.01. The molecule has 1 N–H and O–H groups in total. The first kappa shape index (κ1) is 37.1. The van der Waals surface area contributed by atoms with E-state index in [4.69, 9.17) is 4.74 Å². The monoisotopic (exact) mass is 538 g/mol. The molecule has 0 aliphatic rings. The van der Waals surface area contributed by atoms with E-state index in [2.05, 4.69) is 26.1 Å². The maximum Gasteiger partial charge on any atom is 0.320 e. The molecule has 0 aromatic heterocycles. The van der Waals surface area contributed by atoms with Crippen LogP contribution in [0.3, 0.4) is 0 Å². The van der Waals surface area contributed by atoms with Crippen LogP contribution in [-0.4, -0.2) is 32.0 Å². The number of nitrogens with one attached hydrogen (secondary N) is 1. The summed E-state index contributed by atoms with van der Waals surface area (Å²) in [5.74, 6) is -0.177. The van der Waals surface area contributed by atoms with Crippen molar-refractivity contribution in [2.24, 2.45) is 5.41 Å². The fraction of sp³-hybridized carbons (Fsp3) is 0.941. The van der Waals surface area contributed by atoms with Gasteiger partial charge >= 0.3 is 5.97 Å². The highest BCUT2D eigenvalue weighted by molar-refractivity contribution is 6.04. The van der Waals surface area contributed by atoms with Crippen LogP contribution < -0.4 is 5.32 Å². The third-order valence-corrected chi connectivity index (χ3v) is 8.10. The molecule has 0 aromatic rings. The molecule has 0 radical (unpaired) electrons. The Hall–Kier alpha value is -0.900. The number of hydrogen-bond donors (Lipinski definition) is 1. The van der Waals surface area contributed by atoms with Gasteiger partial charge in [-0.05, 0) is 26.3 Å². The van der Waals surface area contributed by atoms with Crippen LogP contribution in [-0.2, 0) is 14.3 Å². The van der Waals surface area contributed by atoms with Gasteiger partial charge < -0.3 is 10.1 Å². The molecular weight excluding hydrogens is 470 g/mol. The molecule has 0 aliphatic carbocycles. The van der Waals surface area contributed by atoms with Crippen LogP contribution in [0.1, 0.15) is 181 Å². The molecule has 1 atom stereocenters. The topological polar surface area (TPSA) is 55.4 Å². The maximum absolute atomic E-state index is 13.6. The van der Waals surface area contributed by atoms with Gasteiger partial charge in [0.15, 0.2) is 5.78 Å². The molecule has 0 saturated carbocycles. The first-order valence-electron chi connectivity index (χ1n) is 16.9. The van der Waals surface area contributed by atoms with Gasteiger partial charge in [0.05, 0.1) is 6.61 Å². The highest BCUT2D eigenvalue weighted by atomic mass is 16.5. The summed E-state index contributed by atoms with van der Waals surface area (Å²) in [5, 5.41) is 3.18. The van der Waals surface area contributed by atoms with Crippen molar-refractivity contribution in [1.29, 1.82) is 0 Å². The van der Waals surface area contributed by atoms with Crippen molar-refractivity contribution in [3.63, 3.8) is 0 Å². The molecule has 0 amide bonds. The van der Waals surface area contributed by atoms with Gasteiger partial charge in [0.2, 0.25) is 0 Å². The number of carbonyl (C=O) groups excluding carboxylic acids is 2. The van der Waals surface area contributed by atoms with Gasteiger partial charge in [-0.3, -0.25) is 9.59 Å². The third-order valence-electron chi connectivity index (χ3n) is 8.10. The summed E-state index contributed by atoms with van der Waals surface area (Å²) in [6, 6.07) is 0. The molecule has 0 heterocycles. The Labute approximate surface area is 238 Å². The van der Waals surface area contributed by atoms with Gasteiger partial charge in [0.25, 0.3) is 0 Å². The van der Waals surface area contributed by atoms with Crippen molar-refractivity contribution in [1.82, 2.24) is 5.32 Å². The summed E-state index contributed by atoms with van der Waals surface area (Å²) >= 11 is 0. The highest BCUT2D eigenvalue weighted by Gasteiger charge is 2.45. The molecule has 0 rings (SSSR count). The molecule has 0 aromatic carbocycles. The Morgan fingerprint density at radius 1 is 0.553 bits per heavy atom. The number of unbranched alkanes of at least 4 members (excludes halogenated alkanes) is 20. The van der Waals surface area contributed by atoms with Crippen LogP contribution in [0.2, 0.25) is 0 Å². The van der Waals surface area contributed by atoms with E-state index < -0.39 is 5.41 Å². The second-order valence-corrected chi connectivity index (χ2v) is 11.7. The minimum absolute atomic E-state index is 0.101. The zero-order chi connectivity index (χ0) is 28.2. The zero-order valence-electron chi connectivity index (χ0n) is 26.3. The molecule has 38 heavy (non-hydrogen) atoms. The van der Waals surface area contributed by atoms with E-state index in [0.717, 1.165) is 51.4 Å². The van der Waals surface area contributed by atoms with Gasteiger partial charge in [-0.2, -0.15) is 0 Å². The average molecular weight is 538 g/mol. The van der Waals surface area contributed by atoms with Crippen LogP contribution in [0, 0.1) is 5.41 Å². The van der Waals surface area contributed by atoms with Crippen LogP contribution in [0.4, 0.5) is 0 Å². The Kier molecular flexibility index (Phi) is 27.0. The summed E-state index contributed by atoms with van der Waals surface area (Å²) in [6.07, 6.45) is 29.0. The molecule has 1 unspecified atom stereocenters. The standard InChI is InChI=1S/C34H67NO3/c1-5-8-11-14-16-18-19-20-21-23-25-28-32(36)34(31-35-4,33(37)38-30-27-13-10-7-3)29-26-24-22-17-15-12-9-6-2/h35H,5-31H2,1-4H3. The zero-order valence-corrected chi connectivity index (χ0v) is 26.3. The van der Waals surface area contributed by atoms with E-state index in [1.165, 1.54) is 96.3 Å². The fourth-order valence-corrected chi connectivity index (χ4v) is 5.50. The van der Waals surface area contributed by atoms with Crippen LogP contribution in [0.25, 0.3) is 0 Å². The SMILES string of the molecule is CCCCCCCCCCCCCC(=O)C(CCCCCCCCCC)(CNC)C(=O)OCCCCCC. The van der Waals surface area contributed by atoms with Crippen LogP contribution >= 0.6 is 0 Å². The molecule has 0 saturated heterocycles. The first-order chi connectivity index (χ1) is 18.6. The molecule has 226 valence electrons. The average Bonchev–Trinajstić information content (AvgIpc) is 2.92. The lowest BCUT2D eigenvalue weighted by Gasteiger charge is -2.30. The fourth-order valence-electron chi connectivity index (χ4n) is 5.50. The van der Waals surface area contributed by atoms with Gasteiger partial charge in [-0.25, -0.2) is 0 Å². The summed E-state index contributed by atoms with van der Waals surface area (Å²) in [5.41, 5.74) is -1.01. The molecule has 0 fully saturated rings. The van der Waals surface area contributed by atoms with Gasteiger partial charge in [-0.15, -0.1) is 0 Å². The molecule has 4 heteroatoms. The number of rotatable bonds is 30. The van der Waals surface area contributed by atoms with Crippen molar-refractivity contribution < 1.29 is 14.3 Å². The predicted molar refractivity (Wildman–Crippen MR) is 165 cm³/mol. The Bertz CT molecular complexity index is 536. The van der Waals surface area contributed by atoms with E-state index in [9.17, 15) is 9.59 Å². The summed E-state index contributed by atoms with van der Waals surface area (Å²) < 4.78 is 5.76. The Morgan fingerprint density at radius 2 is 0.947 bits per heavy atom. The van der Waals surface area contributed by atoms with Crippen molar-refractivity contribution in [2.45, 2.75) is 181 Å². The number of Topliss-reactive ketones (excluding diaryl/α,β-unsaturated/α-hetero) is 1. The third kappa shape index (κ3) is 19.2. The summed E-state index contributed by atoms with van der Waals surface area (Å²) in [7, 11) is 1.85. The number of carbonyl (C=O) groups is 2. The van der Waals surface area contributed by atoms with Crippen molar-refractivity contribution in [2.75, 3.05) is 20.2 Å². The lowest BCUT2D eigenvalue weighted by Crippen LogP contribution is -2.47. The highest BCUT2D eigenvalue weighted by Crippen LogP contribution is 2.31. The smallest absolute Gasteiger partial charge is 0.320 e. The number of hydrogen-bond acceptors (Lipinski definition) is 4. The molecule has 0 spiro atoms. The first-order valence-corrected chi connectivity index (χ1v) is 16.9. The Morgan fingerprint density at radius 3 is 1.39 bits per heavy atom. The quantitative estimate of drug-likeness (QED) is 0.0562. The number of ether oxygens (including phenoxy) is 1. The second kappa shape index (κ2) is 27.7. The van der Waals surface area contributed by atoms with Crippen molar-refractivity contribution in [3.8, 4) is 0 Å². The van der Waals surface area contributed by atoms with Crippen LogP contribution in [0.15, 0.2) is 0 Å². The number of esters is 1. The van der Waals surface area contributed by atoms with E-state index in [1.54, 1.807) is 0 Å². The van der Waals surface area contributed by atoms with Gasteiger partial charge in [0.1, 0.15) is 5.41 Å². The summed E-state index contributed by atoms with van der Waals surface area (Å²) in [6.45, 7) is 7.53. The molecule has 0 aliphatic heterocycles. The van der Waals surface area contributed by atoms with Gasteiger partial charge in [0, 0.05) is 13.0 Å². The Balaban J connectivity index is 4.68. The molecule has 4 nitrogen and oxygen atoms in total. The van der Waals surface area contributed by atoms with Crippen molar-refractivity contribution >= 4 is 11.8 Å². The van der Waals surface area contributed by atoms with Crippen molar-refractivity contribution in [3.05, 3.63) is 0 Å². The van der Waals surface area contributed by atoms with E-state index in [-0.39, 0.29) is 11.8 Å². The van der Waals surface area contributed by atoms with Gasteiger partial charge in [-0.1, -0.05) is 156 Å². The predicted octanol–water partition coefficient (Wildman–Crippen LogP) is 10.1. The van der Waals surface area contributed by atoms with E-state index >= 15 is 0 Å². The summed E-state index contributed by atoms with van der Waals surface area (Å²) in [4.78, 5) is 27.0. The maximum atomic E-state index is 13.6. The molecule has 0 bridgehead atoms. The lowest BCUT2D eigenvalue weighted by atomic mass is 9.76. The van der Waals surface area contributed by atoms with Crippen LogP contribution in [0.5, 0.6) is 0 Å². The van der Waals surface area contributed by atoms with E-state index in [0.29, 0.717) is 26.0 Å². The molecular formula is C34H67NO3. The lowest BCUT2D eigenvalue weighted by molar-refractivity contribution is -0.161. The van der Waals surface area contributed by atoms with E-state index in [1.807, 2.05) is 7.05 Å². The largest absolute Gasteiger partial charge is 0.465 e.